The first-order chi connectivity index (χ1) is 10.7. The average molecular weight is 298 g/mol. The number of ketones is 1. The summed E-state index contributed by atoms with van der Waals surface area (Å²) in [5, 5.41) is 0. The molecule has 0 saturated carbocycles. The first kappa shape index (κ1) is 15.7. The van der Waals surface area contributed by atoms with Crippen LogP contribution in [0.2, 0.25) is 0 Å². The summed E-state index contributed by atoms with van der Waals surface area (Å²) < 4.78 is 5.11. The van der Waals surface area contributed by atoms with Gasteiger partial charge >= 0.3 is 6.09 Å². The predicted molar refractivity (Wildman–Crippen MR) is 83.1 cm³/mol. The second-order valence-corrected chi connectivity index (χ2v) is 4.79. The van der Waals surface area contributed by atoms with Crippen LogP contribution in [0.25, 0.3) is 0 Å². The van der Waals surface area contributed by atoms with Gasteiger partial charge in [0.25, 0.3) is 0 Å². The summed E-state index contributed by atoms with van der Waals surface area (Å²) in [7, 11) is 0. The highest BCUT2D eigenvalue weighted by molar-refractivity contribution is 6.00. The van der Waals surface area contributed by atoms with Crippen LogP contribution in [-0.4, -0.2) is 18.0 Å². The molecule has 0 radical (unpaired) electrons. The molecule has 0 heterocycles. The van der Waals surface area contributed by atoms with Crippen LogP contribution in [-0.2, 0) is 11.2 Å². The SMILES string of the molecule is NNC(=O)OC(CCc1ccccc1)C(=O)c1ccccc1. The van der Waals surface area contributed by atoms with E-state index in [0.717, 1.165) is 5.56 Å². The van der Waals surface area contributed by atoms with E-state index >= 15 is 0 Å². The normalized spacial score (nSPS) is 11.5. The Morgan fingerprint density at radius 2 is 1.59 bits per heavy atom. The molecule has 2 aromatic carbocycles. The lowest BCUT2D eigenvalue weighted by molar-refractivity contribution is 0.0609. The van der Waals surface area contributed by atoms with E-state index in [1.54, 1.807) is 24.3 Å². The molecule has 5 nitrogen and oxygen atoms in total. The summed E-state index contributed by atoms with van der Waals surface area (Å²) in [6.45, 7) is 0. The van der Waals surface area contributed by atoms with Crippen molar-refractivity contribution >= 4 is 11.9 Å². The number of ether oxygens (including phenoxy) is 1. The van der Waals surface area contributed by atoms with Gasteiger partial charge in [-0.15, -0.1) is 0 Å². The van der Waals surface area contributed by atoms with Gasteiger partial charge in [-0.3, -0.25) is 10.2 Å². The number of aryl methyl sites for hydroxylation is 1. The average Bonchev–Trinajstić information content (AvgIpc) is 2.59. The molecule has 0 bridgehead atoms. The molecule has 0 aliphatic carbocycles. The first-order valence-electron chi connectivity index (χ1n) is 7.01. The number of Topliss-reactive ketones (excluding diaryl/α,β-unsaturated/α-hetero) is 1. The predicted octanol–water partition coefficient (Wildman–Crippen LogP) is 2.47. The molecule has 22 heavy (non-hydrogen) atoms. The molecule has 0 spiro atoms. The van der Waals surface area contributed by atoms with Crippen molar-refractivity contribution in [3.05, 3.63) is 71.8 Å². The Bertz CT molecular complexity index is 614. The van der Waals surface area contributed by atoms with Crippen LogP contribution < -0.4 is 11.3 Å². The summed E-state index contributed by atoms with van der Waals surface area (Å²) in [4.78, 5) is 23.8. The van der Waals surface area contributed by atoms with Crippen molar-refractivity contribution in [2.45, 2.75) is 18.9 Å². The van der Waals surface area contributed by atoms with Gasteiger partial charge in [0, 0.05) is 5.56 Å². The smallest absolute Gasteiger partial charge is 0.422 e. The van der Waals surface area contributed by atoms with Crippen molar-refractivity contribution in [3.8, 4) is 0 Å². The van der Waals surface area contributed by atoms with Crippen LogP contribution in [0.1, 0.15) is 22.3 Å². The third kappa shape index (κ3) is 4.43. The standard InChI is InChI=1S/C17H18N2O3/c18-19-17(21)22-15(12-11-13-7-3-1-4-8-13)16(20)14-9-5-2-6-10-14/h1-10,15H,11-12,18H2,(H,19,21). The van der Waals surface area contributed by atoms with Crippen molar-refractivity contribution in [2.24, 2.45) is 5.84 Å². The number of carbonyl (C=O) groups excluding carboxylic acids is 2. The summed E-state index contributed by atoms with van der Waals surface area (Å²) in [5.74, 6) is 4.79. The minimum atomic E-state index is -0.869. The van der Waals surface area contributed by atoms with Crippen LogP contribution in [0.15, 0.2) is 60.7 Å². The third-order valence-electron chi connectivity index (χ3n) is 3.26. The number of nitrogens with two attached hydrogens (primary N) is 1. The van der Waals surface area contributed by atoms with E-state index in [4.69, 9.17) is 10.6 Å². The van der Waals surface area contributed by atoms with Gasteiger partial charge in [0.1, 0.15) is 0 Å². The lowest BCUT2D eigenvalue weighted by atomic mass is 10.00. The molecule has 3 N–H and O–H groups in total. The largest absolute Gasteiger partial charge is 0.437 e. The van der Waals surface area contributed by atoms with Crippen LogP contribution >= 0.6 is 0 Å². The second-order valence-electron chi connectivity index (χ2n) is 4.79. The second kappa shape index (κ2) is 7.95. The number of benzene rings is 2. The van der Waals surface area contributed by atoms with Gasteiger partial charge < -0.3 is 4.74 Å². The van der Waals surface area contributed by atoms with E-state index in [0.29, 0.717) is 18.4 Å². The lowest BCUT2D eigenvalue weighted by Crippen LogP contribution is -2.37. The van der Waals surface area contributed by atoms with Gasteiger partial charge in [0.15, 0.2) is 6.10 Å². The maximum Gasteiger partial charge on any atom is 0.422 e. The van der Waals surface area contributed by atoms with E-state index in [2.05, 4.69) is 0 Å². The van der Waals surface area contributed by atoms with Crippen molar-refractivity contribution < 1.29 is 14.3 Å². The lowest BCUT2D eigenvalue weighted by Gasteiger charge is -2.16. The zero-order valence-corrected chi connectivity index (χ0v) is 12.1. The topological polar surface area (TPSA) is 81.4 Å². The Labute approximate surface area is 129 Å². The zero-order chi connectivity index (χ0) is 15.8. The summed E-state index contributed by atoms with van der Waals surface area (Å²) in [6.07, 6.45) is -0.666. The Kier molecular flexibility index (Phi) is 5.68. The van der Waals surface area contributed by atoms with Gasteiger partial charge in [0.05, 0.1) is 0 Å². The van der Waals surface area contributed by atoms with Crippen LogP contribution in [0.5, 0.6) is 0 Å². The van der Waals surface area contributed by atoms with Crippen molar-refractivity contribution in [3.63, 3.8) is 0 Å². The quantitative estimate of drug-likeness (QED) is 0.371. The zero-order valence-electron chi connectivity index (χ0n) is 12.1. The maximum atomic E-state index is 12.5. The Hall–Kier alpha value is -2.66. The number of hydrogen-bond donors (Lipinski definition) is 2. The molecule has 2 rings (SSSR count). The molecule has 1 unspecified atom stereocenters. The number of rotatable bonds is 6. The fourth-order valence-corrected chi connectivity index (χ4v) is 2.14. The first-order valence-corrected chi connectivity index (χ1v) is 7.01. The highest BCUT2D eigenvalue weighted by Crippen LogP contribution is 2.13. The molecule has 0 saturated heterocycles. The number of carbonyl (C=O) groups is 2. The van der Waals surface area contributed by atoms with Crippen molar-refractivity contribution in [2.75, 3.05) is 0 Å². The number of nitrogens with one attached hydrogen (secondary N) is 1. The van der Waals surface area contributed by atoms with Gasteiger partial charge in [-0.1, -0.05) is 60.7 Å². The van der Waals surface area contributed by atoms with E-state index in [1.807, 2.05) is 41.8 Å². The maximum absolute atomic E-state index is 12.5. The van der Waals surface area contributed by atoms with Gasteiger partial charge in [-0.2, -0.15) is 0 Å². The molecule has 114 valence electrons. The van der Waals surface area contributed by atoms with Crippen molar-refractivity contribution in [1.82, 2.24) is 5.43 Å². The van der Waals surface area contributed by atoms with Gasteiger partial charge in [-0.05, 0) is 18.4 Å². The molecule has 0 aliphatic heterocycles. The number of hydrogen-bond acceptors (Lipinski definition) is 4. The van der Waals surface area contributed by atoms with Gasteiger partial charge in [-0.25, -0.2) is 10.6 Å². The third-order valence-corrected chi connectivity index (χ3v) is 3.26. The van der Waals surface area contributed by atoms with Crippen molar-refractivity contribution in [1.29, 1.82) is 0 Å². The molecule has 0 aromatic heterocycles. The molecule has 1 atom stereocenters. The molecule has 2 aromatic rings. The fourth-order valence-electron chi connectivity index (χ4n) is 2.14. The molecule has 0 aliphatic rings. The van der Waals surface area contributed by atoms with E-state index in [-0.39, 0.29) is 5.78 Å². The highest BCUT2D eigenvalue weighted by Gasteiger charge is 2.23. The van der Waals surface area contributed by atoms with Crippen LogP contribution in [0.4, 0.5) is 4.79 Å². The van der Waals surface area contributed by atoms with Gasteiger partial charge in [0.2, 0.25) is 5.78 Å². The molecule has 1 amide bonds. The molecule has 5 heteroatoms. The molecule has 0 fully saturated rings. The summed E-state index contributed by atoms with van der Waals surface area (Å²) in [6, 6.07) is 18.5. The van der Waals surface area contributed by atoms with E-state index in [9.17, 15) is 9.59 Å². The fraction of sp³-hybridized carbons (Fsp3) is 0.176. The van der Waals surface area contributed by atoms with E-state index in [1.165, 1.54) is 0 Å². The minimum Gasteiger partial charge on any atom is -0.437 e. The molecular weight excluding hydrogens is 280 g/mol. The van der Waals surface area contributed by atoms with Crippen LogP contribution in [0.3, 0.4) is 0 Å². The Morgan fingerprint density at radius 1 is 1.00 bits per heavy atom. The minimum absolute atomic E-state index is 0.236. The summed E-state index contributed by atoms with van der Waals surface area (Å²) in [5.41, 5.74) is 3.47. The van der Waals surface area contributed by atoms with Crippen LogP contribution in [0, 0.1) is 0 Å². The Morgan fingerprint density at radius 3 is 2.18 bits per heavy atom. The monoisotopic (exact) mass is 298 g/mol. The van der Waals surface area contributed by atoms with E-state index < -0.39 is 12.2 Å². The highest BCUT2D eigenvalue weighted by atomic mass is 16.6. The number of amides is 1. The Balaban J connectivity index is 2.08. The summed E-state index contributed by atoms with van der Waals surface area (Å²) >= 11 is 0. The number of hydrazine groups is 1. The molecular formula is C17H18N2O3.